The summed E-state index contributed by atoms with van der Waals surface area (Å²) in [5, 5.41) is 0. The van der Waals surface area contributed by atoms with E-state index in [4.69, 9.17) is 0 Å². The predicted octanol–water partition coefficient (Wildman–Crippen LogP) is 3.66. The first kappa shape index (κ1) is 16.2. The molecule has 3 nitrogen and oxygen atoms in total. The van der Waals surface area contributed by atoms with Gasteiger partial charge in [0.15, 0.2) is 0 Å². The van der Waals surface area contributed by atoms with Gasteiger partial charge in [-0.15, -0.1) is 0 Å². The fourth-order valence-electron chi connectivity index (χ4n) is 3.22. The van der Waals surface area contributed by atoms with Crippen LogP contribution in [0, 0.1) is 6.92 Å². The van der Waals surface area contributed by atoms with Gasteiger partial charge in [-0.05, 0) is 60.9 Å². The number of benzene rings is 2. The van der Waals surface area contributed by atoms with Gasteiger partial charge in [-0.2, -0.15) is 0 Å². The lowest BCUT2D eigenvalue weighted by atomic mass is 10.0. The number of nitrogens with one attached hydrogen (secondary N) is 1. The highest BCUT2D eigenvalue weighted by molar-refractivity contribution is 7.88. The topological polar surface area (TPSA) is 46.2 Å². The van der Waals surface area contributed by atoms with E-state index in [-0.39, 0.29) is 11.8 Å². The Hall–Kier alpha value is -1.65. The zero-order valence-electron chi connectivity index (χ0n) is 13.7. The molecule has 1 aliphatic rings. The maximum absolute atomic E-state index is 12.5. The number of rotatable bonds is 5. The second-order valence-corrected chi connectivity index (χ2v) is 8.16. The number of fused-ring (bicyclic) bond motifs is 1. The van der Waals surface area contributed by atoms with Crippen molar-refractivity contribution in [3.05, 3.63) is 70.3 Å². The van der Waals surface area contributed by atoms with E-state index in [0.717, 1.165) is 29.5 Å². The summed E-state index contributed by atoms with van der Waals surface area (Å²) in [5.41, 5.74) is 5.67. The van der Waals surface area contributed by atoms with Crippen LogP contribution in [-0.2, 0) is 28.6 Å². The fraction of sp³-hybridized carbons (Fsp3) is 0.368. The molecule has 0 bridgehead atoms. The van der Waals surface area contributed by atoms with Crippen LogP contribution in [0.4, 0.5) is 0 Å². The van der Waals surface area contributed by atoms with Gasteiger partial charge in [-0.25, -0.2) is 13.1 Å². The van der Waals surface area contributed by atoms with Crippen LogP contribution in [0.5, 0.6) is 0 Å². The molecule has 23 heavy (non-hydrogen) atoms. The van der Waals surface area contributed by atoms with Gasteiger partial charge >= 0.3 is 0 Å². The highest BCUT2D eigenvalue weighted by atomic mass is 32.2. The molecule has 1 aliphatic carbocycles. The molecule has 122 valence electrons. The Balaban J connectivity index is 1.74. The smallest absolute Gasteiger partial charge is 0.212 e. The van der Waals surface area contributed by atoms with Gasteiger partial charge in [-0.1, -0.05) is 42.5 Å². The molecule has 0 amide bonds. The van der Waals surface area contributed by atoms with Crippen molar-refractivity contribution in [3.63, 3.8) is 0 Å². The molecule has 1 N–H and O–H groups in total. The zero-order valence-corrected chi connectivity index (χ0v) is 14.5. The quantitative estimate of drug-likeness (QED) is 0.910. The summed E-state index contributed by atoms with van der Waals surface area (Å²) >= 11 is 0. The largest absolute Gasteiger partial charge is 0.216 e. The fourth-order valence-corrected chi connectivity index (χ4v) is 4.71. The molecule has 3 rings (SSSR count). The highest BCUT2D eigenvalue weighted by Gasteiger charge is 2.19. The molecule has 0 radical (unpaired) electrons. The molecule has 2 aromatic carbocycles. The molecule has 1 unspecified atom stereocenters. The molecular formula is C19H23NO2S. The first-order chi connectivity index (χ1) is 10.9. The van der Waals surface area contributed by atoms with E-state index >= 15 is 0 Å². The number of sulfonamides is 1. The Morgan fingerprint density at radius 2 is 1.83 bits per heavy atom. The minimum absolute atomic E-state index is 0.0228. The Morgan fingerprint density at radius 1 is 1.09 bits per heavy atom. The van der Waals surface area contributed by atoms with Gasteiger partial charge in [-0.3, -0.25) is 0 Å². The van der Waals surface area contributed by atoms with E-state index in [2.05, 4.69) is 16.9 Å². The Labute approximate surface area is 138 Å². The second-order valence-electron chi connectivity index (χ2n) is 6.41. The van der Waals surface area contributed by atoms with Crippen molar-refractivity contribution in [1.82, 2.24) is 4.72 Å². The van der Waals surface area contributed by atoms with E-state index in [1.807, 2.05) is 44.2 Å². The van der Waals surface area contributed by atoms with Crippen LogP contribution in [0.25, 0.3) is 0 Å². The van der Waals surface area contributed by atoms with Gasteiger partial charge in [0, 0.05) is 6.04 Å². The number of hydrogen-bond acceptors (Lipinski definition) is 2. The van der Waals surface area contributed by atoms with Crippen LogP contribution in [-0.4, -0.2) is 8.42 Å². The lowest BCUT2D eigenvalue weighted by molar-refractivity contribution is 0.566. The van der Waals surface area contributed by atoms with E-state index < -0.39 is 10.0 Å². The van der Waals surface area contributed by atoms with Crippen molar-refractivity contribution in [2.45, 2.75) is 44.9 Å². The van der Waals surface area contributed by atoms with Gasteiger partial charge in [0.1, 0.15) is 0 Å². The summed E-state index contributed by atoms with van der Waals surface area (Å²) in [7, 11) is -3.37. The molecule has 1 atom stereocenters. The monoisotopic (exact) mass is 329 g/mol. The van der Waals surface area contributed by atoms with Crippen LogP contribution in [0.1, 0.15) is 47.2 Å². The van der Waals surface area contributed by atoms with E-state index in [1.54, 1.807) is 0 Å². The summed E-state index contributed by atoms with van der Waals surface area (Å²) in [6.45, 7) is 3.85. The maximum Gasteiger partial charge on any atom is 0.216 e. The van der Waals surface area contributed by atoms with E-state index in [1.165, 1.54) is 17.5 Å². The Morgan fingerprint density at radius 3 is 2.61 bits per heavy atom. The minimum Gasteiger partial charge on any atom is -0.212 e. The van der Waals surface area contributed by atoms with Gasteiger partial charge < -0.3 is 0 Å². The standard InChI is InChI=1S/C19H23NO2S/c1-14-6-3-4-7-19(14)13-23(21,22)20-15(2)17-11-10-16-8-5-9-18(16)12-17/h3-4,6-7,10-12,15,20H,5,8-9,13H2,1-2H3. The van der Waals surface area contributed by atoms with Gasteiger partial charge in [0.05, 0.1) is 5.75 Å². The molecular weight excluding hydrogens is 306 g/mol. The van der Waals surface area contributed by atoms with Crippen molar-refractivity contribution in [1.29, 1.82) is 0 Å². The summed E-state index contributed by atoms with van der Waals surface area (Å²) in [4.78, 5) is 0. The van der Waals surface area contributed by atoms with Crippen molar-refractivity contribution < 1.29 is 8.42 Å². The van der Waals surface area contributed by atoms with Crippen LogP contribution < -0.4 is 4.72 Å². The Kier molecular flexibility index (Phi) is 4.55. The average Bonchev–Trinajstić information content (AvgIpc) is 2.96. The summed E-state index contributed by atoms with van der Waals surface area (Å²) in [5.74, 6) is 0.0228. The zero-order chi connectivity index (χ0) is 16.4. The lowest BCUT2D eigenvalue weighted by Crippen LogP contribution is -2.28. The highest BCUT2D eigenvalue weighted by Crippen LogP contribution is 2.26. The van der Waals surface area contributed by atoms with Gasteiger partial charge in [0.2, 0.25) is 10.0 Å². The minimum atomic E-state index is -3.37. The third kappa shape index (κ3) is 3.82. The van der Waals surface area contributed by atoms with Crippen molar-refractivity contribution >= 4 is 10.0 Å². The maximum atomic E-state index is 12.5. The average molecular weight is 329 g/mol. The van der Waals surface area contributed by atoms with Crippen LogP contribution in [0.2, 0.25) is 0 Å². The predicted molar refractivity (Wildman–Crippen MR) is 93.8 cm³/mol. The number of hydrogen-bond donors (Lipinski definition) is 1. The molecule has 0 spiro atoms. The van der Waals surface area contributed by atoms with Crippen LogP contribution >= 0.6 is 0 Å². The first-order valence-electron chi connectivity index (χ1n) is 8.11. The molecule has 0 saturated heterocycles. The normalized spacial score (nSPS) is 15.4. The van der Waals surface area contributed by atoms with Gasteiger partial charge in [0.25, 0.3) is 0 Å². The third-order valence-corrected chi connectivity index (χ3v) is 5.99. The molecule has 4 heteroatoms. The Bertz CT molecular complexity index is 812. The summed E-state index contributed by atoms with van der Waals surface area (Å²) < 4.78 is 27.7. The molecule has 0 aliphatic heterocycles. The molecule has 0 heterocycles. The first-order valence-corrected chi connectivity index (χ1v) is 9.76. The summed E-state index contributed by atoms with van der Waals surface area (Å²) in [6.07, 6.45) is 3.45. The van der Waals surface area contributed by atoms with Crippen molar-refractivity contribution in [3.8, 4) is 0 Å². The second kappa shape index (κ2) is 6.46. The molecule has 0 aromatic heterocycles. The molecule has 0 fully saturated rings. The SMILES string of the molecule is Cc1ccccc1CS(=O)(=O)NC(C)c1ccc2c(c1)CCC2. The summed E-state index contributed by atoms with van der Waals surface area (Å²) in [6, 6.07) is 13.7. The number of aryl methyl sites for hydroxylation is 3. The van der Waals surface area contributed by atoms with E-state index in [0.29, 0.717) is 0 Å². The third-order valence-electron chi connectivity index (χ3n) is 4.59. The molecule has 2 aromatic rings. The van der Waals surface area contributed by atoms with Crippen LogP contribution in [0.3, 0.4) is 0 Å². The van der Waals surface area contributed by atoms with Crippen molar-refractivity contribution in [2.75, 3.05) is 0 Å². The van der Waals surface area contributed by atoms with Crippen LogP contribution in [0.15, 0.2) is 42.5 Å². The van der Waals surface area contributed by atoms with Crippen molar-refractivity contribution in [2.24, 2.45) is 0 Å². The lowest BCUT2D eigenvalue weighted by Gasteiger charge is -2.16. The molecule has 0 saturated carbocycles. The van der Waals surface area contributed by atoms with E-state index in [9.17, 15) is 8.42 Å².